The van der Waals surface area contributed by atoms with E-state index in [9.17, 15) is 4.79 Å². The minimum absolute atomic E-state index is 0.227. The third-order valence-electron chi connectivity index (χ3n) is 2.84. The van der Waals surface area contributed by atoms with Crippen LogP contribution in [0.3, 0.4) is 0 Å². The fourth-order valence-corrected chi connectivity index (χ4v) is 1.74. The van der Waals surface area contributed by atoms with Crippen LogP contribution in [-0.4, -0.2) is 19.7 Å². The van der Waals surface area contributed by atoms with Crippen molar-refractivity contribution >= 4 is 6.09 Å². The molecule has 1 amide bonds. The molecule has 4 heteroatoms. The second kappa shape index (κ2) is 8.38. The molecular formula is C18H17NO3. The maximum Gasteiger partial charge on any atom is 0.408 e. The molecule has 0 spiro atoms. The van der Waals surface area contributed by atoms with Gasteiger partial charge in [-0.25, -0.2) is 4.79 Å². The number of amides is 1. The van der Waals surface area contributed by atoms with Gasteiger partial charge in [0.15, 0.2) is 0 Å². The zero-order chi connectivity index (χ0) is 15.6. The van der Waals surface area contributed by atoms with E-state index in [1.807, 2.05) is 54.6 Å². The fraction of sp³-hybridized carbons (Fsp3) is 0.167. The third-order valence-corrected chi connectivity index (χ3v) is 2.84. The number of alkyl carbamates (subject to hydrolysis) is 1. The summed E-state index contributed by atoms with van der Waals surface area (Å²) in [6.07, 6.45) is -0.483. The lowest BCUT2D eigenvalue weighted by Crippen LogP contribution is -2.24. The monoisotopic (exact) mass is 295 g/mol. The lowest BCUT2D eigenvalue weighted by atomic mass is 10.2. The Hall–Kier alpha value is -2.93. The van der Waals surface area contributed by atoms with Gasteiger partial charge in [0.25, 0.3) is 0 Å². The van der Waals surface area contributed by atoms with Crippen LogP contribution in [0.15, 0.2) is 54.6 Å². The minimum atomic E-state index is -0.483. The van der Waals surface area contributed by atoms with E-state index in [0.717, 1.165) is 16.9 Å². The average Bonchev–Trinajstić information content (AvgIpc) is 2.58. The maximum absolute atomic E-state index is 11.5. The van der Waals surface area contributed by atoms with Crippen molar-refractivity contribution in [1.82, 2.24) is 5.32 Å². The van der Waals surface area contributed by atoms with Gasteiger partial charge in [0.2, 0.25) is 0 Å². The molecule has 1 N–H and O–H groups in total. The van der Waals surface area contributed by atoms with Gasteiger partial charge in [0, 0.05) is 5.56 Å². The normalized spacial score (nSPS) is 9.32. The van der Waals surface area contributed by atoms with Crippen LogP contribution in [0.1, 0.15) is 11.1 Å². The van der Waals surface area contributed by atoms with Crippen LogP contribution >= 0.6 is 0 Å². The maximum atomic E-state index is 11.5. The predicted molar refractivity (Wildman–Crippen MR) is 84.5 cm³/mol. The quantitative estimate of drug-likeness (QED) is 0.882. The highest BCUT2D eigenvalue weighted by molar-refractivity contribution is 5.67. The molecule has 2 aromatic carbocycles. The first-order valence-electron chi connectivity index (χ1n) is 6.85. The zero-order valence-electron chi connectivity index (χ0n) is 12.3. The molecule has 0 saturated carbocycles. The molecule has 2 aromatic rings. The highest BCUT2D eigenvalue weighted by Gasteiger charge is 2.00. The zero-order valence-corrected chi connectivity index (χ0v) is 12.3. The van der Waals surface area contributed by atoms with Crippen molar-refractivity contribution in [1.29, 1.82) is 0 Å². The lowest BCUT2D eigenvalue weighted by molar-refractivity contribution is 0.141. The van der Waals surface area contributed by atoms with Gasteiger partial charge in [0.05, 0.1) is 13.7 Å². The van der Waals surface area contributed by atoms with Gasteiger partial charge < -0.3 is 14.8 Å². The molecule has 2 rings (SSSR count). The van der Waals surface area contributed by atoms with Crippen molar-refractivity contribution in [2.24, 2.45) is 0 Å². The highest BCUT2D eigenvalue weighted by Crippen LogP contribution is 2.11. The summed E-state index contributed by atoms with van der Waals surface area (Å²) >= 11 is 0. The van der Waals surface area contributed by atoms with Gasteiger partial charge in [-0.15, -0.1) is 0 Å². The van der Waals surface area contributed by atoms with Gasteiger partial charge in [0.1, 0.15) is 12.4 Å². The van der Waals surface area contributed by atoms with E-state index in [4.69, 9.17) is 9.47 Å². The molecule has 22 heavy (non-hydrogen) atoms. The van der Waals surface area contributed by atoms with Crippen LogP contribution in [-0.2, 0) is 11.3 Å². The van der Waals surface area contributed by atoms with Crippen molar-refractivity contribution in [2.75, 3.05) is 13.7 Å². The first-order valence-corrected chi connectivity index (χ1v) is 6.85. The summed E-state index contributed by atoms with van der Waals surface area (Å²) in [6, 6.07) is 16.9. The molecule has 0 fully saturated rings. The SMILES string of the molecule is COc1cccc(C#CCNC(=O)OCc2ccccc2)c1. The average molecular weight is 295 g/mol. The Balaban J connectivity index is 1.74. The van der Waals surface area contributed by atoms with Crippen molar-refractivity contribution in [3.05, 3.63) is 65.7 Å². The summed E-state index contributed by atoms with van der Waals surface area (Å²) in [5.74, 6) is 6.56. The van der Waals surface area contributed by atoms with Crippen LogP contribution in [0, 0.1) is 11.8 Å². The van der Waals surface area contributed by atoms with Crippen molar-refractivity contribution in [2.45, 2.75) is 6.61 Å². The summed E-state index contributed by atoms with van der Waals surface area (Å²) in [6.45, 7) is 0.473. The number of ether oxygens (including phenoxy) is 2. The number of nitrogens with one attached hydrogen (secondary N) is 1. The van der Waals surface area contributed by atoms with Crippen LogP contribution in [0.25, 0.3) is 0 Å². The van der Waals surface area contributed by atoms with Gasteiger partial charge in [-0.3, -0.25) is 0 Å². The number of methoxy groups -OCH3 is 1. The number of carbonyl (C=O) groups is 1. The minimum Gasteiger partial charge on any atom is -0.497 e. The number of hydrogen-bond acceptors (Lipinski definition) is 3. The van der Waals surface area contributed by atoms with Crippen LogP contribution in [0.4, 0.5) is 4.79 Å². The Bertz CT molecular complexity index is 671. The van der Waals surface area contributed by atoms with Crippen LogP contribution in [0.5, 0.6) is 5.75 Å². The summed E-state index contributed by atoms with van der Waals surface area (Å²) in [5, 5.41) is 2.59. The molecule has 112 valence electrons. The number of carbonyl (C=O) groups excluding carboxylic acids is 1. The summed E-state index contributed by atoms with van der Waals surface area (Å²) < 4.78 is 10.2. The van der Waals surface area contributed by atoms with E-state index in [1.54, 1.807) is 7.11 Å². The lowest BCUT2D eigenvalue weighted by Gasteiger charge is -2.04. The summed E-state index contributed by atoms with van der Waals surface area (Å²) in [7, 11) is 1.61. The molecule has 4 nitrogen and oxygen atoms in total. The molecule has 0 aliphatic rings. The van der Waals surface area contributed by atoms with E-state index >= 15 is 0 Å². The smallest absolute Gasteiger partial charge is 0.408 e. The van der Waals surface area contributed by atoms with E-state index in [2.05, 4.69) is 17.2 Å². The van der Waals surface area contributed by atoms with Crippen LogP contribution < -0.4 is 10.1 Å². The number of benzene rings is 2. The molecule has 0 bridgehead atoms. The molecule has 0 unspecified atom stereocenters. The first-order chi connectivity index (χ1) is 10.8. The van der Waals surface area contributed by atoms with E-state index in [0.29, 0.717) is 0 Å². The topological polar surface area (TPSA) is 47.6 Å². The van der Waals surface area contributed by atoms with E-state index < -0.39 is 6.09 Å². The second-order valence-electron chi connectivity index (χ2n) is 4.45. The van der Waals surface area contributed by atoms with Crippen molar-refractivity contribution in [3.8, 4) is 17.6 Å². The summed E-state index contributed by atoms with van der Waals surface area (Å²) in [5.41, 5.74) is 1.78. The molecule has 0 aliphatic carbocycles. The second-order valence-corrected chi connectivity index (χ2v) is 4.45. The first kappa shape index (κ1) is 15.5. The van der Waals surface area contributed by atoms with E-state index in [-0.39, 0.29) is 13.2 Å². The number of rotatable bonds is 4. The predicted octanol–water partition coefficient (Wildman–Crippen LogP) is 2.97. The van der Waals surface area contributed by atoms with Crippen molar-refractivity contribution in [3.63, 3.8) is 0 Å². The molecule has 0 aromatic heterocycles. The fourth-order valence-electron chi connectivity index (χ4n) is 1.74. The molecule has 0 radical (unpaired) electrons. The Morgan fingerprint density at radius 1 is 1.14 bits per heavy atom. The largest absolute Gasteiger partial charge is 0.497 e. The number of hydrogen-bond donors (Lipinski definition) is 1. The van der Waals surface area contributed by atoms with Gasteiger partial charge in [-0.2, -0.15) is 0 Å². The Kier molecular flexibility index (Phi) is 5.89. The molecule has 0 heterocycles. The van der Waals surface area contributed by atoms with Crippen molar-refractivity contribution < 1.29 is 14.3 Å². The Morgan fingerprint density at radius 3 is 2.73 bits per heavy atom. The van der Waals surface area contributed by atoms with Crippen LogP contribution in [0.2, 0.25) is 0 Å². The third kappa shape index (κ3) is 5.22. The molecular weight excluding hydrogens is 278 g/mol. The van der Waals surface area contributed by atoms with Gasteiger partial charge in [-0.1, -0.05) is 48.2 Å². The standard InChI is InChI=1S/C18H17NO3/c1-21-17-11-5-9-15(13-17)10-6-12-19-18(20)22-14-16-7-3-2-4-8-16/h2-5,7-9,11,13H,12,14H2,1H3,(H,19,20). The molecule has 0 saturated heterocycles. The summed E-state index contributed by atoms with van der Waals surface area (Å²) in [4.78, 5) is 11.5. The van der Waals surface area contributed by atoms with E-state index in [1.165, 1.54) is 0 Å². The molecule has 0 aliphatic heterocycles. The Labute approximate surface area is 130 Å². The highest BCUT2D eigenvalue weighted by atomic mass is 16.5. The van der Waals surface area contributed by atoms with Gasteiger partial charge in [-0.05, 0) is 23.8 Å². The Morgan fingerprint density at radius 2 is 1.95 bits per heavy atom. The molecule has 0 atom stereocenters. The van der Waals surface area contributed by atoms with Gasteiger partial charge >= 0.3 is 6.09 Å².